The van der Waals surface area contributed by atoms with Gasteiger partial charge in [-0.1, -0.05) is 42.5 Å². The summed E-state index contributed by atoms with van der Waals surface area (Å²) in [6.45, 7) is 1.96. The average Bonchev–Trinajstić information content (AvgIpc) is 3.08. The van der Waals surface area contributed by atoms with Crippen molar-refractivity contribution in [2.24, 2.45) is 0 Å². The minimum atomic E-state index is -0.540. The van der Waals surface area contributed by atoms with E-state index in [9.17, 15) is 14.0 Å². The molecule has 2 aromatic rings. The summed E-state index contributed by atoms with van der Waals surface area (Å²) in [6.07, 6.45) is 0.736. The van der Waals surface area contributed by atoms with Crippen LogP contribution in [0.1, 0.15) is 23.4 Å². The van der Waals surface area contributed by atoms with Crippen molar-refractivity contribution in [2.45, 2.75) is 24.8 Å². The van der Waals surface area contributed by atoms with Gasteiger partial charge in [-0.3, -0.25) is 9.59 Å². The molecule has 3 rings (SSSR count). The van der Waals surface area contributed by atoms with Crippen LogP contribution >= 0.6 is 11.8 Å². The number of amides is 2. The number of carbonyl (C=O) groups is 2. The molecule has 0 spiro atoms. The Balaban J connectivity index is 1.65. The van der Waals surface area contributed by atoms with Crippen LogP contribution in [-0.4, -0.2) is 35.1 Å². The van der Waals surface area contributed by atoms with Crippen LogP contribution in [0.4, 0.5) is 4.39 Å². The van der Waals surface area contributed by atoms with Crippen molar-refractivity contribution >= 4 is 23.6 Å². The van der Waals surface area contributed by atoms with Gasteiger partial charge in [0.2, 0.25) is 11.8 Å². The quantitative estimate of drug-likeness (QED) is 0.877. The predicted octanol–water partition coefficient (Wildman–Crippen LogP) is 3.15. The molecule has 1 saturated heterocycles. The molecule has 6 heteroatoms. The number of nitrogens with one attached hydrogen (secondary N) is 1. The SMILES string of the molecule is CC(=O)N1C(C(=O)NCCc2ccccc2)CSC1c1cccc(F)c1. The fraction of sp³-hybridized carbons (Fsp3) is 0.300. The largest absolute Gasteiger partial charge is 0.354 e. The second-order valence-electron chi connectivity index (χ2n) is 6.21. The van der Waals surface area contributed by atoms with Gasteiger partial charge in [0, 0.05) is 19.2 Å². The molecule has 0 aromatic heterocycles. The lowest BCUT2D eigenvalue weighted by Gasteiger charge is -2.28. The zero-order valence-electron chi connectivity index (χ0n) is 14.5. The zero-order valence-corrected chi connectivity index (χ0v) is 15.3. The van der Waals surface area contributed by atoms with E-state index in [0.717, 1.165) is 12.0 Å². The van der Waals surface area contributed by atoms with Gasteiger partial charge >= 0.3 is 0 Å². The molecule has 1 aliphatic rings. The summed E-state index contributed by atoms with van der Waals surface area (Å²) in [6, 6.07) is 15.6. The topological polar surface area (TPSA) is 49.4 Å². The van der Waals surface area contributed by atoms with Crippen LogP contribution in [0.2, 0.25) is 0 Å². The molecule has 0 aliphatic carbocycles. The first-order valence-electron chi connectivity index (χ1n) is 8.54. The van der Waals surface area contributed by atoms with Crippen molar-refractivity contribution < 1.29 is 14.0 Å². The van der Waals surface area contributed by atoms with Gasteiger partial charge in [0.05, 0.1) is 0 Å². The Kier molecular flexibility index (Phi) is 5.93. The normalized spacial score (nSPS) is 19.4. The predicted molar refractivity (Wildman–Crippen MR) is 101 cm³/mol. The van der Waals surface area contributed by atoms with Crippen molar-refractivity contribution in [3.8, 4) is 0 Å². The standard InChI is InChI=1S/C20H21FN2O2S/c1-14(24)23-18(13-26-20(23)16-8-5-9-17(21)12-16)19(25)22-11-10-15-6-3-2-4-7-15/h2-9,12,18,20H,10-11,13H2,1H3,(H,22,25). The monoisotopic (exact) mass is 372 g/mol. The molecule has 1 N–H and O–H groups in total. The molecule has 2 amide bonds. The molecule has 1 heterocycles. The minimum Gasteiger partial charge on any atom is -0.354 e. The molecule has 26 heavy (non-hydrogen) atoms. The first-order valence-corrected chi connectivity index (χ1v) is 9.59. The zero-order chi connectivity index (χ0) is 18.5. The second-order valence-corrected chi connectivity index (χ2v) is 7.32. The summed E-state index contributed by atoms with van der Waals surface area (Å²) in [7, 11) is 0. The summed E-state index contributed by atoms with van der Waals surface area (Å²) in [4.78, 5) is 26.3. The van der Waals surface area contributed by atoms with E-state index in [1.54, 1.807) is 17.0 Å². The molecule has 4 nitrogen and oxygen atoms in total. The fourth-order valence-electron chi connectivity index (χ4n) is 3.10. The number of benzene rings is 2. The second kappa shape index (κ2) is 8.36. The molecule has 1 aliphatic heterocycles. The lowest BCUT2D eigenvalue weighted by Crippen LogP contribution is -2.47. The number of rotatable bonds is 5. The lowest BCUT2D eigenvalue weighted by atomic mass is 10.1. The first kappa shape index (κ1) is 18.5. The highest BCUT2D eigenvalue weighted by Crippen LogP contribution is 2.41. The Hall–Kier alpha value is -2.34. The van der Waals surface area contributed by atoms with Crippen LogP contribution < -0.4 is 5.32 Å². The number of carbonyl (C=O) groups excluding carboxylic acids is 2. The summed E-state index contributed by atoms with van der Waals surface area (Å²) in [5, 5.41) is 2.58. The third-order valence-electron chi connectivity index (χ3n) is 4.36. The molecular formula is C20H21FN2O2S. The van der Waals surface area contributed by atoms with Crippen molar-refractivity contribution in [1.82, 2.24) is 10.2 Å². The van der Waals surface area contributed by atoms with Crippen molar-refractivity contribution in [1.29, 1.82) is 0 Å². The van der Waals surface area contributed by atoms with E-state index in [-0.39, 0.29) is 23.0 Å². The third kappa shape index (κ3) is 4.25. The van der Waals surface area contributed by atoms with E-state index in [4.69, 9.17) is 0 Å². The van der Waals surface area contributed by atoms with E-state index in [0.29, 0.717) is 17.9 Å². The summed E-state index contributed by atoms with van der Waals surface area (Å²) in [5.41, 5.74) is 1.85. The highest BCUT2D eigenvalue weighted by atomic mass is 32.2. The van der Waals surface area contributed by atoms with Gasteiger partial charge in [-0.2, -0.15) is 0 Å². The van der Waals surface area contributed by atoms with Crippen LogP contribution in [-0.2, 0) is 16.0 Å². The first-order chi connectivity index (χ1) is 12.6. The maximum Gasteiger partial charge on any atom is 0.243 e. The van der Waals surface area contributed by atoms with Crippen LogP contribution in [0.15, 0.2) is 54.6 Å². The molecule has 1 fully saturated rings. The maximum atomic E-state index is 13.5. The Bertz CT molecular complexity index is 784. The Morgan fingerprint density at radius 3 is 2.65 bits per heavy atom. The minimum absolute atomic E-state index is 0.164. The Morgan fingerprint density at radius 1 is 1.19 bits per heavy atom. The third-order valence-corrected chi connectivity index (χ3v) is 5.68. The molecule has 2 unspecified atom stereocenters. The van der Waals surface area contributed by atoms with Gasteiger partial charge in [-0.05, 0) is 29.7 Å². The molecular weight excluding hydrogens is 351 g/mol. The van der Waals surface area contributed by atoms with Gasteiger partial charge in [-0.15, -0.1) is 11.8 Å². The molecule has 0 radical (unpaired) electrons. The molecule has 2 atom stereocenters. The summed E-state index contributed by atoms with van der Waals surface area (Å²) < 4.78 is 13.5. The summed E-state index contributed by atoms with van der Waals surface area (Å²) >= 11 is 1.48. The van der Waals surface area contributed by atoms with Crippen molar-refractivity contribution in [3.05, 3.63) is 71.5 Å². The van der Waals surface area contributed by atoms with Crippen LogP contribution in [0.3, 0.4) is 0 Å². The highest BCUT2D eigenvalue weighted by molar-refractivity contribution is 7.99. The van der Waals surface area contributed by atoms with Crippen molar-refractivity contribution in [2.75, 3.05) is 12.3 Å². The number of hydrogen-bond donors (Lipinski definition) is 1. The Morgan fingerprint density at radius 2 is 1.96 bits per heavy atom. The Labute approximate surface area is 156 Å². The van der Waals surface area contributed by atoms with Crippen LogP contribution in [0, 0.1) is 5.82 Å². The van der Waals surface area contributed by atoms with E-state index >= 15 is 0 Å². The maximum absolute atomic E-state index is 13.5. The van der Waals surface area contributed by atoms with E-state index in [1.807, 2.05) is 30.3 Å². The smallest absolute Gasteiger partial charge is 0.243 e. The van der Waals surface area contributed by atoms with E-state index in [1.165, 1.54) is 30.8 Å². The fourth-order valence-corrected chi connectivity index (χ4v) is 4.57. The van der Waals surface area contributed by atoms with Crippen LogP contribution in [0.5, 0.6) is 0 Å². The molecule has 2 aromatic carbocycles. The van der Waals surface area contributed by atoms with Gasteiger partial charge in [0.1, 0.15) is 17.2 Å². The average molecular weight is 372 g/mol. The van der Waals surface area contributed by atoms with Crippen LogP contribution in [0.25, 0.3) is 0 Å². The number of halogens is 1. The van der Waals surface area contributed by atoms with Gasteiger partial charge in [-0.25, -0.2) is 4.39 Å². The molecule has 0 bridgehead atoms. The van der Waals surface area contributed by atoms with Crippen molar-refractivity contribution in [3.63, 3.8) is 0 Å². The van der Waals surface area contributed by atoms with E-state index in [2.05, 4.69) is 5.32 Å². The van der Waals surface area contributed by atoms with Gasteiger partial charge in [0.25, 0.3) is 0 Å². The van der Waals surface area contributed by atoms with E-state index < -0.39 is 6.04 Å². The number of nitrogens with zero attached hydrogens (tertiary/aromatic N) is 1. The van der Waals surface area contributed by atoms with Gasteiger partial charge < -0.3 is 10.2 Å². The molecule has 136 valence electrons. The van der Waals surface area contributed by atoms with Gasteiger partial charge in [0.15, 0.2) is 0 Å². The number of hydrogen-bond acceptors (Lipinski definition) is 3. The highest BCUT2D eigenvalue weighted by Gasteiger charge is 2.40. The molecule has 0 saturated carbocycles. The number of thioether (sulfide) groups is 1. The lowest BCUT2D eigenvalue weighted by molar-refractivity contribution is -0.138. The summed E-state index contributed by atoms with van der Waals surface area (Å²) in [5.74, 6) is -0.199.